The van der Waals surface area contributed by atoms with Gasteiger partial charge in [0.25, 0.3) is 15.9 Å². The average Bonchev–Trinajstić information content (AvgIpc) is 2.65. The van der Waals surface area contributed by atoms with E-state index in [1.165, 1.54) is 11.4 Å². The van der Waals surface area contributed by atoms with Crippen LogP contribution in [0, 0.1) is 6.92 Å². The topological polar surface area (TPSA) is 78.5 Å². The highest BCUT2D eigenvalue weighted by Gasteiger charge is 2.21. The Morgan fingerprint density at radius 3 is 2.19 bits per heavy atom. The summed E-state index contributed by atoms with van der Waals surface area (Å²) >= 11 is 0. The van der Waals surface area contributed by atoms with E-state index in [0.29, 0.717) is 24.3 Å². The van der Waals surface area contributed by atoms with Crippen LogP contribution < -0.4 is 14.9 Å². The number of aryl methyl sites for hydroxylation is 1. The van der Waals surface area contributed by atoms with Crippen LogP contribution >= 0.6 is 0 Å². The van der Waals surface area contributed by atoms with Crippen molar-refractivity contribution in [2.24, 2.45) is 0 Å². The summed E-state index contributed by atoms with van der Waals surface area (Å²) in [5, 5.41) is 5.94. The first kappa shape index (κ1) is 19.9. The molecule has 0 bridgehead atoms. The summed E-state index contributed by atoms with van der Waals surface area (Å²) in [6.45, 7) is 6.00. The standard InChI is InChI=1S/C19H25N3O3S/c1-4-20-13-14-21-19(23)16-7-9-17(10-8-16)22(3)26(24,25)18-11-5-15(2)6-12-18/h5-12,20H,4,13-14H2,1-3H3,(H,21,23). The van der Waals surface area contributed by atoms with Crippen LogP contribution in [0.25, 0.3) is 0 Å². The maximum atomic E-state index is 12.7. The first-order valence-corrected chi connectivity index (χ1v) is 9.95. The normalized spacial score (nSPS) is 11.2. The molecule has 0 aromatic heterocycles. The number of benzene rings is 2. The van der Waals surface area contributed by atoms with Crippen molar-refractivity contribution in [1.82, 2.24) is 10.6 Å². The van der Waals surface area contributed by atoms with Crippen LogP contribution in [-0.4, -0.2) is 41.0 Å². The third-order valence-electron chi connectivity index (χ3n) is 4.01. The number of hydrogen-bond donors (Lipinski definition) is 2. The molecular formula is C19H25N3O3S. The molecule has 0 aliphatic heterocycles. The van der Waals surface area contributed by atoms with Gasteiger partial charge in [0.15, 0.2) is 0 Å². The summed E-state index contributed by atoms with van der Waals surface area (Å²) in [5.74, 6) is -0.182. The molecule has 0 unspecified atom stereocenters. The number of amides is 1. The van der Waals surface area contributed by atoms with Gasteiger partial charge in [-0.15, -0.1) is 0 Å². The minimum Gasteiger partial charge on any atom is -0.351 e. The molecule has 2 rings (SSSR count). The highest BCUT2D eigenvalue weighted by Crippen LogP contribution is 2.22. The first-order chi connectivity index (χ1) is 12.4. The Labute approximate surface area is 155 Å². The number of nitrogens with zero attached hydrogens (tertiary/aromatic N) is 1. The molecular weight excluding hydrogens is 350 g/mol. The van der Waals surface area contributed by atoms with Gasteiger partial charge >= 0.3 is 0 Å². The van der Waals surface area contributed by atoms with Gasteiger partial charge < -0.3 is 10.6 Å². The van der Waals surface area contributed by atoms with Crippen LogP contribution in [0.2, 0.25) is 0 Å². The van der Waals surface area contributed by atoms with Crippen LogP contribution in [0.15, 0.2) is 53.4 Å². The number of sulfonamides is 1. The Kier molecular flexibility index (Phi) is 6.76. The molecule has 0 fully saturated rings. The molecule has 7 heteroatoms. The van der Waals surface area contributed by atoms with E-state index in [1.807, 2.05) is 13.8 Å². The lowest BCUT2D eigenvalue weighted by Gasteiger charge is -2.20. The van der Waals surface area contributed by atoms with Crippen LogP contribution in [0.4, 0.5) is 5.69 Å². The number of carbonyl (C=O) groups is 1. The lowest BCUT2D eigenvalue weighted by Crippen LogP contribution is -2.31. The van der Waals surface area contributed by atoms with Crippen molar-refractivity contribution >= 4 is 21.6 Å². The van der Waals surface area contributed by atoms with Crippen molar-refractivity contribution in [2.75, 3.05) is 31.0 Å². The number of nitrogens with one attached hydrogen (secondary N) is 2. The predicted octanol–water partition coefficient (Wildman–Crippen LogP) is 2.16. The van der Waals surface area contributed by atoms with Gasteiger partial charge in [-0.3, -0.25) is 9.10 Å². The van der Waals surface area contributed by atoms with Crippen molar-refractivity contribution in [3.05, 3.63) is 59.7 Å². The molecule has 1 amide bonds. The van der Waals surface area contributed by atoms with E-state index < -0.39 is 10.0 Å². The molecule has 0 saturated carbocycles. The summed E-state index contributed by atoms with van der Waals surface area (Å²) in [5.41, 5.74) is 1.98. The molecule has 2 aromatic rings. The molecule has 0 heterocycles. The molecule has 0 saturated heterocycles. The summed E-state index contributed by atoms with van der Waals surface area (Å²) in [6, 6.07) is 13.2. The zero-order valence-corrected chi connectivity index (χ0v) is 16.1. The zero-order chi connectivity index (χ0) is 19.2. The Morgan fingerprint density at radius 1 is 1.00 bits per heavy atom. The molecule has 6 nitrogen and oxygen atoms in total. The SMILES string of the molecule is CCNCCNC(=O)c1ccc(N(C)S(=O)(=O)c2ccc(C)cc2)cc1. The third kappa shape index (κ3) is 4.83. The Balaban J connectivity index is 2.09. The monoisotopic (exact) mass is 375 g/mol. The van der Waals surface area contributed by atoms with E-state index in [1.54, 1.807) is 48.5 Å². The highest BCUT2D eigenvalue weighted by molar-refractivity contribution is 7.92. The number of likely N-dealkylation sites (N-methyl/N-ethyl adjacent to an activating group) is 1. The van der Waals surface area contributed by atoms with Crippen LogP contribution in [0.1, 0.15) is 22.8 Å². The Hall–Kier alpha value is -2.38. The molecule has 0 radical (unpaired) electrons. The summed E-state index contributed by atoms with van der Waals surface area (Å²) in [4.78, 5) is 12.3. The van der Waals surface area contributed by atoms with E-state index >= 15 is 0 Å². The smallest absolute Gasteiger partial charge is 0.264 e. The maximum absolute atomic E-state index is 12.7. The van der Waals surface area contributed by atoms with E-state index in [2.05, 4.69) is 10.6 Å². The van der Waals surface area contributed by atoms with Gasteiger partial charge in [0, 0.05) is 25.7 Å². The zero-order valence-electron chi connectivity index (χ0n) is 15.3. The van der Waals surface area contributed by atoms with Gasteiger partial charge in [-0.25, -0.2) is 8.42 Å². The largest absolute Gasteiger partial charge is 0.351 e. The minimum atomic E-state index is -3.64. The predicted molar refractivity (Wildman–Crippen MR) is 104 cm³/mol. The second-order valence-corrected chi connectivity index (χ2v) is 7.91. The van der Waals surface area contributed by atoms with Gasteiger partial charge in [0.2, 0.25) is 0 Å². The van der Waals surface area contributed by atoms with E-state index in [4.69, 9.17) is 0 Å². The summed E-state index contributed by atoms with van der Waals surface area (Å²) in [7, 11) is -2.14. The van der Waals surface area contributed by atoms with Gasteiger partial charge in [-0.2, -0.15) is 0 Å². The molecule has 0 aliphatic carbocycles. The quantitative estimate of drug-likeness (QED) is 0.693. The second-order valence-electron chi connectivity index (χ2n) is 5.94. The molecule has 0 aliphatic rings. The molecule has 0 atom stereocenters. The van der Waals surface area contributed by atoms with Gasteiger partial charge in [-0.1, -0.05) is 24.6 Å². The van der Waals surface area contributed by atoms with Crippen molar-refractivity contribution in [2.45, 2.75) is 18.7 Å². The van der Waals surface area contributed by atoms with Crippen LogP contribution in [-0.2, 0) is 10.0 Å². The molecule has 140 valence electrons. The van der Waals surface area contributed by atoms with Gasteiger partial charge in [-0.05, 0) is 49.9 Å². The van der Waals surface area contributed by atoms with Gasteiger partial charge in [0.1, 0.15) is 0 Å². The second kappa shape index (κ2) is 8.82. The fourth-order valence-corrected chi connectivity index (χ4v) is 3.57. The fraction of sp³-hybridized carbons (Fsp3) is 0.316. The van der Waals surface area contributed by atoms with Crippen LogP contribution in [0.3, 0.4) is 0 Å². The summed E-state index contributed by atoms with van der Waals surface area (Å²) < 4.78 is 26.6. The van der Waals surface area contributed by atoms with Crippen molar-refractivity contribution in [3.8, 4) is 0 Å². The number of rotatable bonds is 8. The number of hydrogen-bond acceptors (Lipinski definition) is 4. The van der Waals surface area contributed by atoms with Gasteiger partial charge in [0.05, 0.1) is 10.6 Å². The lowest BCUT2D eigenvalue weighted by atomic mass is 10.2. The van der Waals surface area contributed by atoms with Crippen molar-refractivity contribution < 1.29 is 13.2 Å². The maximum Gasteiger partial charge on any atom is 0.264 e. The van der Waals surface area contributed by atoms with Crippen molar-refractivity contribution in [1.29, 1.82) is 0 Å². The fourth-order valence-electron chi connectivity index (χ4n) is 2.37. The first-order valence-electron chi connectivity index (χ1n) is 8.51. The van der Waals surface area contributed by atoms with E-state index in [-0.39, 0.29) is 10.8 Å². The molecule has 2 aromatic carbocycles. The minimum absolute atomic E-state index is 0.182. The Bertz CT molecular complexity index is 831. The average molecular weight is 375 g/mol. The molecule has 2 N–H and O–H groups in total. The number of carbonyl (C=O) groups excluding carboxylic acids is 1. The highest BCUT2D eigenvalue weighted by atomic mass is 32.2. The lowest BCUT2D eigenvalue weighted by molar-refractivity contribution is 0.0954. The third-order valence-corrected chi connectivity index (χ3v) is 5.81. The number of anilines is 1. The van der Waals surface area contributed by atoms with E-state index in [9.17, 15) is 13.2 Å². The van der Waals surface area contributed by atoms with E-state index in [0.717, 1.165) is 12.1 Å². The summed E-state index contributed by atoms with van der Waals surface area (Å²) in [6.07, 6.45) is 0. The molecule has 26 heavy (non-hydrogen) atoms. The Morgan fingerprint density at radius 2 is 1.62 bits per heavy atom. The van der Waals surface area contributed by atoms with Crippen LogP contribution in [0.5, 0.6) is 0 Å². The van der Waals surface area contributed by atoms with Crippen molar-refractivity contribution in [3.63, 3.8) is 0 Å². The molecule has 0 spiro atoms.